The molecule has 136 valence electrons. The van der Waals surface area contributed by atoms with Crippen molar-refractivity contribution in [2.75, 3.05) is 9.80 Å². The van der Waals surface area contributed by atoms with E-state index in [0.29, 0.717) is 0 Å². The van der Waals surface area contributed by atoms with Crippen LogP contribution in [0, 0.1) is 13.8 Å². The van der Waals surface area contributed by atoms with Gasteiger partial charge in [-0.15, -0.1) is 0 Å². The Morgan fingerprint density at radius 1 is 0.852 bits per heavy atom. The molecular formula is C23H24N4. The number of hydrogen-bond acceptors (Lipinski definition) is 4. The molecule has 1 aliphatic rings. The lowest BCUT2D eigenvalue weighted by atomic mass is 10.2. The zero-order valence-corrected chi connectivity index (χ0v) is 16.2. The summed E-state index contributed by atoms with van der Waals surface area (Å²) in [5, 5.41) is 0. The van der Waals surface area contributed by atoms with Crippen LogP contribution in [0.15, 0.2) is 60.7 Å². The average Bonchev–Trinajstić information content (AvgIpc) is 2.94. The Hall–Kier alpha value is -3.14. The topological polar surface area (TPSA) is 32.3 Å². The van der Waals surface area contributed by atoms with Crippen LogP contribution in [0.3, 0.4) is 0 Å². The minimum absolute atomic E-state index is 0.0729. The molecule has 0 amide bonds. The first-order valence-corrected chi connectivity index (χ1v) is 9.32. The number of rotatable bonds is 3. The van der Waals surface area contributed by atoms with E-state index in [1.54, 1.807) is 0 Å². The minimum atomic E-state index is 0.0729. The summed E-state index contributed by atoms with van der Waals surface area (Å²) < 4.78 is 0. The molecule has 0 saturated carbocycles. The number of anilines is 4. The van der Waals surface area contributed by atoms with Crippen LogP contribution in [0.4, 0.5) is 23.0 Å². The van der Waals surface area contributed by atoms with Gasteiger partial charge in [-0.3, -0.25) is 0 Å². The van der Waals surface area contributed by atoms with Crippen LogP contribution in [-0.4, -0.2) is 16.1 Å². The van der Waals surface area contributed by atoms with E-state index in [2.05, 4.69) is 72.2 Å². The molecule has 2 heterocycles. The molecule has 27 heavy (non-hydrogen) atoms. The summed E-state index contributed by atoms with van der Waals surface area (Å²) in [6.07, 6.45) is 4.10. The third-order valence-corrected chi connectivity index (χ3v) is 5.01. The van der Waals surface area contributed by atoms with E-state index in [1.165, 1.54) is 5.56 Å². The second-order valence-electron chi connectivity index (χ2n) is 6.84. The van der Waals surface area contributed by atoms with Crippen LogP contribution in [0.25, 0.3) is 6.08 Å². The number of aromatic nitrogens is 2. The molecule has 4 heteroatoms. The zero-order chi connectivity index (χ0) is 19.0. The van der Waals surface area contributed by atoms with Gasteiger partial charge in [0.2, 0.25) is 0 Å². The van der Waals surface area contributed by atoms with E-state index in [1.807, 2.05) is 32.1 Å². The quantitative estimate of drug-likeness (QED) is 0.597. The van der Waals surface area contributed by atoms with Crippen molar-refractivity contribution in [2.45, 2.75) is 33.9 Å². The van der Waals surface area contributed by atoms with Gasteiger partial charge in [0.05, 0.1) is 11.4 Å². The van der Waals surface area contributed by atoms with Crippen molar-refractivity contribution in [3.8, 4) is 0 Å². The first-order valence-electron chi connectivity index (χ1n) is 9.32. The first-order chi connectivity index (χ1) is 13.1. The molecule has 1 aromatic heterocycles. The predicted octanol–water partition coefficient (Wildman–Crippen LogP) is 5.76. The standard InChI is InChI=1S/C23H24N4/c1-5-11-20-17(3)24-22-23(25-20)27(21-15-10-9-12-16(21)2)18(4)26(22)19-13-7-6-8-14-19/h5-15,18H,1-4H3/b11-5-. The number of fused-ring (bicyclic) bond motifs is 1. The van der Waals surface area contributed by atoms with E-state index in [9.17, 15) is 0 Å². The lowest BCUT2D eigenvalue weighted by Gasteiger charge is -2.30. The van der Waals surface area contributed by atoms with Gasteiger partial charge in [0.1, 0.15) is 6.17 Å². The molecule has 0 N–H and O–H groups in total. The van der Waals surface area contributed by atoms with E-state index < -0.39 is 0 Å². The summed E-state index contributed by atoms with van der Waals surface area (Å²) in [7, 11) is 0. The van der Waals surface area contributed by atoms with Crippen molar-refractivity contribution in [1.29, 1.82) is 0 Å². The van der Waals surface area contributed by atoms with E-state index in [-0.39, 0.29) is 6.17 Å². The van der Waals surface area contributed by atoms with E-state index >= 15 is 0 Å². The van der Waals surface area contributed by atoms with E-state index in [0.717, 1.165) is 34.4 Å². The summed E-state index contributed by atoms with van der Waals surface area (Å²) in [4.78, 5) is 14.5. The van der Waals surface area contributed by atoms with Crippen LogP contribution in [0.2, 0.25) is 0 Å². The average molecular weight is 356 g/mol. The summed E-state index contributed by atoms with van der Waals surface area (Å²) in [5.74, 6) is 1.81. The molecule has 1 atom stereocenters. The van der Waals surface area contributed by atoms with Gasteiger partial charge >= 0.3 is 0 Å². The van der Waals surface area contributed by atoms with Gasteiger partial charge in [-0.05, 0) is 57.5 Å². The third kappa shape index (κ3) is 2.87. The molecule has 0 radical (unpaired) electrons. The minimum Gasteiger partial charge on any atom is -0.302 e. The molecule has 4 nitrogen and oxygen atoms in total. The SMILES string of the molecule is C/C=C\c1nc2c(nc1C)N(c1ccccc1)C(C)N2c1ccccc1C. The fourth-order valence-corrected chi connectivity index (χ4v) is 3.70. The van der Waals surface area contributed by atoms with Gasteiger partial charge in [-0.2, -0.15) is 0 Å². The molecule has 1 aliphatic heterocycles. The normalized spacial score (nSPS) is 16.2. The lowest BCUT2D eigenvalue weighted by molar-refractivity contribution is 0.752. The Kier molecular flexibility index (Phi) is 4.40. The number of aryl methyl sites for hydroxylation is 2. The zero-order valence-electron chi connectivity index (χ0n) is 16.2. The molecule has 0 saturated heterocycles. The highest BCUT2D eigenvalue weighted by atomic mass is 15.5. The van der Waals surface area contributed by atoms with Crippen LogP contribution in [0.5, 0.6) is 0 Å². The Morgan fingerprint density at radius 3 is 2.22 bits per heavy atom. The lowest BCUT2D eigenvalue weighted by Crippen LogP contribution is -2.35. The molecular weight excluding hydrogens is 332 g/mol. The van der Waals surface area contributed by atoms with Crippen LogP contribution >= 0.6 is 0 Å². The molecule has 4 rings (SSSR count). The Bertz CT molecular complexity index is 995. The van der Waals surface area contributed by atoms with Crippen molar-refractivity contribution in [2.24, 2.45) is 0 Å². The van der Waals surface area contributed by atoms with E-state index in [4.69, 9.17) is 9.97 Å². The van der Waals surface area contributed by atoms with Crippen LogP contribution < -0.4 is 9.80 Å². The van der Waals surface area contributed by atoms with Crippen molar-refractivity contribution >= 4 is 29.1 Å². The Balaban J connectivity index is 1.95. The highest BCUT2D eigenvalue weighted by Gasteiger charge is 2.38. The predicted molar refractivity (Wildman–Crippen MR) is 113 cm³/mol. The second-order valence-corrected chi connectivity index (χ2v) is 6.84. The van der Waals surface area contributed by atoms with Crippen LogP contribution in [-0.2, 0) is 0 Å². The van der Waals surface area contributed by atoms with Crippen molar-refractivity contribution < 1.29 is 0 Å². The smallest absolute Gasteiger partial charge is 0.179 e. The highest BCUT2D eigenvalue weighted by molar-refractivity contribution is 5.84. The van der Waals surface area contributed by atoms with Crippen molar-refractivity contribution in [1.82, 2.24) is 9.97 Å². The molecule has 0 bridgehead atoms. The number of benzene rings is 2. The van der Waals surface area contributed by atoms with Gasteiger partial charge in [0.25, 0.3) is 0 Å². The Labute approximate surface area is 160 Å². The summed E-state index contributed by atoms with van der Waals surface area (Å²) in [5.41, 5.74) is 5.35. The highest BCUT2D eigenvalue weighted by Crippen LogP contribution is 2.46. The second kappa shape index (κ2) is 6.88. The number of para-hydroxylation sites is 2. The molecule has 2 aromatic carbocycles. The molecule has 1 unspecified atom stereocenters. The maximum Gasteiger partial charge on any atom is 0.179 e. The maximum absolute atomic E-state index is 5.00. The molecule has 0 fully saturated rings. The van der Waals surface area contributed by atoms with Crippen molar-refractivity contribution in [3.63, 3.8) is 0 Å². The molecule has 3 aromatic rings. The fourth-order valence-electron chi connectivity index (χ4n) is 3.70. The first kappa shape index (κ1) is 17.3. The van der Waals surface area contributed by atoms with Crippen molar-refractivity contribution in [3.05, 3.63) is 77.6 Å². The van der Waals surface area contributed by atoms with Gasteiger partial charge in [0, 0.05) is 11.4 Å². The van der Waals surface area contributed by atoms with Gasteiger partial charge in [0.15, 0.2) is 11.6 Å². The Morgan fingerprint density at radius 2 is 1.52 bits per heavy atom. The van der Waals surface area contributed by atoms with Gasteiger partial charge in [-0.25, -0.2) is 9.97 Å². The van der Waals surface area contributed by atoms with Gasteiger partial charge < -0.3 is 9.80 Å². The number of hydrogen-bond donors (Lipinski definition) is 0. The summed E-state index contributed by atoms with van der Waals surface area (Å²) >= 11 is 0. The summed E-state index contributed by atoms with van der Waals surface area (Å²) in [6, 6.07) is 18.9. The monoisotopic (exact) mass is 356 g/mol. The maximum atomic E-state index is 5.00. The van der Waals surface area contributed by atoms with Gasteiger partial charge in [-0.1, -0.05) is 42.5 Å². The summed E-state index contributed by atoms with van der Waals surface area (Å²) in [6.45, 7) is 8.37. The number of allylic oxidation sites excluding steroid dienone is 1. The molecule has 0 aliphatic carbocycles. The third-order valence-electron chi connectivity index (χ3n) is 5.01. The molecule has 0 spiro atoms. The van der Waals surface area contributed by atoms with Crippen LogP contribution in [0.1, 0.15) is 30.8 Å². The fraction of sp³-hybridized carbons (Fsp3) is 0.217. The largest absolute Gasteiger partial charge is 0.302 e. The number of nitrogens with zero attached hydrogens (tertiary/aromatic N) is 4.